The number of rotatable bonds is 5. The number of thiophene rings is 1. The molecule has 4 aliphatic rings. The molecule has 0 radical (unpaired) electrons. The Balaban J connectivity index is 0.891. The van der Waals surface area contributed by atoms with Gasteiger partial charge in [-0.1, -0.05) is 97.1 Å². The molecule has 3 nitrogen and oxygen atoms in total. The number of allylic oxidation sites excluding steroid dienone is 6. The van der Waals surface area contributed by atoms with Gasteiger partial charge in [0.1, 0.15) is 16.9 Å². The van der Waals surface area contributed by atoms with Gasteiger partial charge in [-0.3, -0.25) is 0 Å². The first-order chi connectivity index (χ1) is 28.6. The summed E-state index contributed by atoms with van der Waals surface area (Å²) in [4.78, 5) is 2.58. The summed E-state index contributed by atoms with van der Waals surface area (Å²) in [6.07, 6.45) is 21.9. The third-order valence-electron chi connectivity index (χ3n) is 12.8. The fourth-order valence-corrected chi connectivity index (χ4v) is 10.9. The Morgan fingerprint density at radius 1 is 0.655 bits per heavy atom. The molecule has 58 heavy (non-hydrogen) atoms. The molecule has 278 valence electrons. The number of benzene rings is 6. The van der Waals surface area contributed by atoms with Gasteiger partial charge in [-0.25, -0.2) is 0 Å². The number of anilines is 1. The van der Waals surface area contributed by atoms with E-state index in [1.54, 1.807) is 6.26 Å². The van der Waals surface area contributed by atoms with E-state index in [9.17, 15) is 0 Å². The smallest absolute Gasteiger partial charge is 0.135 e. The zero-order chi connectivity index (χ0) is 38.4. The third-order valence-corrected chi connectivity index (χ3v) is 14.0. The summed E-state index contributed by atoms with van der Waals surface area (Å²) in [5, 5.41) is 4.96. The minimum Gasteiger partial charge on any atom is -0.465 e. The van der Waals surface area contributed by atoms with Crippen LogP contribution >= 0.6 is 11.3 Å². The number of hydrogen-bond acceptors (Lipinski definition) is 4. The third kappa shape index (κ3) is 5.25. The Labute approximate surface area is 341 Å². The molecule has 2 aliphatic carbocycles. The predicted molar refractivity (Wildman–Crippen MR) is 243 cm³/mol. The van der Waals surface area contributed by atoms with E-state index in [1.165, 1.54) is 53.8 Å². The van der Waals surface area contributed by atoms with Crippen LogP contribution in [0.2, 0.25) is 0 Å². The van der Waals surface area contributed by atoms with Crippen molar-refractivity contribution in [2.24, 2.45) is 5.41 Å². The lowest BCUT2D eigenvalue weighted by Crippen LogP contribution is -2.38. The summed E-state index contributed by atoms with van der Waals surface area (Å²) in [5.41, 5.74) is 12.9. The van der Waals surface area contributed by atoms with Crippen LogP contribution in [0.15, 0.2) is 198 Å². The quantitative estimate of drug-likeness (QED) is 0.174. The topological polar surface area (TPSA) is 25.6 Å². The first-order valence-electron chi connectivity index (χ1n) is 20.3. The van der Waals surface area contributed by atoms with E-state index in [2.05, 4.69) is 182 Å². The van der Waals surface area contributed by atoms with Crippen molar-refractivity contribution in [3.63, 3.8) is 0 Å². The van der Waals surface area contributed by atoms with Gasteiger partial charge in [0.25, 0.3) is 0 Å². The highest BCUT2D eigenvalue weighted by atomic mass is 32.1. The maximum Gasteiger partial charge on any atom is 0.135 e. The standard InChI is InChI=1S/C54H39NO2S/c1-54-26-6-4-17-53(54)55(47-22-18-39(33-46(47)54)38-21-25-52-45(32-38)42-14-2-3-16-51(42)58-52)41-13-9-11-35(29-41)37-20-24-50-44(31-37)43-30-36(19-23-49(43)57-50)34-10-8-12-40(28-34)48-15-5-7-27-56-48/h2-4,6-32,39,53H,5,33H2,1H3. The van der Waals surface area contributed by atoms with Crippen LogP contribution in [0.25, 0.3) is 70.1 Å². The van der Waals surface area contributed by atoms with Crippen molar-refractivity contribution in [2.45, 2.75) is 31.7 Å². The largest absolute Gasteiger partial charge is 0.465 e. The molecule has 4 heteroatoms. The second-order valence-corrected chi connectivity index (χ2v) is 17.3. The van der Waals surface area contributed by atoms with Gasteiger partial charge in [-0.15, -0.1) is 11.3 Å². The average molecular weight is 766 g/mol. The van der Waals surface area contributed by atoms with Gasteiger partial charge >= 0.3 is 0 Å². The van der Waals surface area contributed by atoms with Crippen LogP contribution in [0.1, 0.15) is 36.8 Å². The minimum absolute atomic E-state index is 0.106. The molecule has 0 fully saturated rings. The van der Waals surface area contributed by atoms with Gasteiger partial charge in [-0.2, -0.15) is 0 Å². The second kappa shape index (κ2) is 13.0. The van der Waals surface area contributed by atoms with Gasteiger partial charge in [0.15, 0.2) is 0 Å². The molecule has 3 unspecified atom stereocenters. The normalized spacial score (nSPS) is 21.0. The Morgan fingerprint density at radius 2 is 1.41 bits per heavy atom. The minimum atomic E-state index is -0.106. The maximum absolute atomic E-state index is 6.39. The molecule has 12 rings (SSSR count). The first kappa shape index (κ1) is 33.5. The Morgan fingerprint density at radius 3 is 2.24 bits per heavy atom. The van der Waals surface area contributed by atoms with Gasteiger partial charge in [-0.05, 0) is 132 Å². The molecule has 0 spiro atoms. The van der Waals surface area contributed by atoms with E-state index < -0.39 is 0 Å². The molecule has 6 aromatic carbocycles. The zero-order valence-corrected chi connectivity index (χ0v) is 32.9. The number of hydrogen-bond donors (Lipinski definition) is 0. The Hall–Kier alpha value is -6.62. The summed E-state index contributed by atoms with van der Waals surface area (Å²) in [7, 11) is 0. The van der Waals surface area contributed by atoms with Crippen LogP contribution in [-0.4, -0.2) is 6.04 Å². The van der Waals surface area contributed by atoms with Crippen molar-refractivity contribution in [2.75, 3.05) is 4.90 Å². The molecular weight excluding hydrogens is 727 g/mol. The van der Waals surface area contributed by atoms with E-state index in [4.69, 9.17) is 9.15 Å². The van der Waals surface area contributed by atoms with Crippen LogP contribution in [0.3, 0.4) is 0 Å². The van der Waals surface area contributed by atoms with Crippen molar-refractivity contribution in [1.29, 1.82) is 0 Å². The van der Waals surface area contributed by atoms with E-state index in [0.29, 0.717) is 5.92 Å². The average Bonchev–Trinajstić information content (AvgIpc) is 3.93. The molecule has 3 atom stereocenters. The van der Waals surface area contributed by atoms with Gasteiger partial charge < -0.3 is 14.1 Å². The fourth-order valence-electron chi connectivity index (χ4n) is 9.84. The molecule has 8 aromatic rings. The summed E-state index contributed by atoms with van der Waals surface area (Å²) in [6.45, 7) is 2.43. The SMILES string of the molecule is CC12C=CC=CC1N(c1cccc(-c3ccc4oc5ccc(-c6cccc(C7=CCC=CO7)c6)cc5c4c3)c1)C1=C2CC(c2ccc3sc4ccccc4c3c2)C=C1. The van der Waals surface area contributed by atoms with Gasteiger partial charge in [0, 0.05) is 59.2 Å². The highest BCUT2D eigenvalue weighted by Gasteiger charge is 2.48. The van der Waals surface area contributed by atoms with Crippen molar-refractivity contribution >= 4 is 64.9 Å². The summed E-state index contributed by atoms with van der Waals surface area (Å²) in [5.74, 6) is 1.23. The molecule has 0 N–H and O–H groups in total. The molecule has 0 saturated heterocycles. The molecule has 2 aromatic heterocycles. The van der Waals surface area contributed by atoms with Crippen LogP contribution < -0.4 is 4.90 Å². The molecule has 0 saturated carbocycles. The van der Waals surface area contributed by atoms with Crippen molar-refractivity contribution in [3.05, 3.63) is 205 Å². The van der Waals surface area contributed by atoms with E-state index >= 15 is 0 Å². The molecular formula is C54H39NO2S. The molecule has 2 aliphatic heterocycles. The van der Waals surface area contributed by atoms with E-state index in [-0.39, 0.29) is 11.5 Å². The first-order valence-corrected chi connectivity index (χ1v) is 21.1. The van der Waals surface area contributed by atoms with Crippen molar-refractivity contribution in [1.82, 2.24) is 0 Å². The molecule has 0 amide bonds. The molecule has 0 bridgehead atoms. The van der Waals surface area contributed by atoms with Crippen LogP contribution in [-0.2, 0) is 4.74 Å². The number of fused-ring (bicyclic) bond motifs is 8. The monoisotopic (exact) mass is 765 g/mol. The Bertz CT molecular complexity index is 3200. The molecule has 4 heterocycles. The number of nitrogens with zero attached hydrogens (tertiary/aromatic N) is 1. The van der Waals surface area contributed by atoms with Crippen LogP contribution in [0, 0.1) is 5.41 Å². The lowest BCUT2D eigenvalue weighted by Gasteiger charge is -2.36. The van der Waals surface area contributed by atoms with Gasteiger partial charge in [0.05, 0.1) is 12.3 Å². The maximum atomic E-state index is 6.39. The highest BCUT2D eigenvalue weighted by Crippen LogP contribution is 2.55. The van der Waals surface area contributed by atoms with Crippen LogP contribution in [0.5, 0.6) is 0 Å². The summed E-state index contributed by atoms with van der Waals surface area (Å²) in [6, 6.07) is 46.9. The van der Waals surface area contributed by atoms with Gasteiger partial charge in [0.2, 0.25) is 0 Å². The van der Waals surface area contributed by atoms with Crippen molar-refractivity contribution in [3.8, 4) is 22.3 Å². The predicted octanol–water partition coefficient (Wildman–Crippen LogP) is 14.9. The van der Waals surface area contributed by atoms with Crippen molar-refractivity contribution < 1.29 is 9.15 Å². The van der Waals surface area contributed by atoms with E-state index in [0.717, 1.165) is 57.2 Å². The summed E-state index contributed by atoms with van der Waals surface area (Å²) < 4.78 is 14.9. The second-order valence-electron chi connectivity index (χ2n) is 16.2. The zero-order valence-electron chi connectivity index (χ0n) is 32.1. The van der Waals surface area contributed by atoms with E-state index in [1.807, 2.05) is 17.4 Å². The summed E-state index contributed by atoms with van der Waals surface area (Å²) >= 11 is 1.89. The lowest BCUT2D eigenvalue weighted by atomic mass is 9.71. The van der Waals surface area contributed by atoms with Crippen LogP contribution in [0.4, 0.5) is 5.69 Å². The highest BCUT2D eigenvalue weighted by molar-refractivity contribution is 7.25. The lowest BCUT2D eigenvalue weighted by molar-refractivity contribution is 0.427. The number of ether oxygens (including phenoxy) is 1. The Kier molecular flexibility index (Phi) is 7.49. The number of furan rings is 1. The fraction of sp³-hybridized carbons (Fsp3) is 0.111.